The van der Waals surface area contributed by atoms with Gasteiger partial charge in [-0.05, 0) is 50.5 Å². The average molecular weight is 246 g/mol. The largest absolute Gasteiger partial charge is 0.312 e. The molecule has 0 spiro atoms. The third kappa shape index (κ3) is 2.45. The molecule has 1 aliphatic carbocycles. The zero-order chi connectivity index (χ0) is 13.1. The van der Waals surface area contributed by atoms with Gasteiger partial charge in [0.25, 0.3) is 0 Å². The lowest BCUT2D eigenvalue weighted by atomic mass is 9.77. The Kier molecular flexibility index (Phi) is 4.41. The number of rotatable bonds is 4. The second kappa shape index (κ2) is 5.85. The number of nitrogens with one attached hydrogen (secondary N) is 1. The van der Waals surface area contributed by atoms with E-state index in [0.717, 1.165) is 0 Å². The first kappa shape index (κ1) is 13.6. The second-order valence-electron chi connectivity index (χ2n) is 5.58. The molecular formula is C16H26N2. The number of benzene rings is 1. The molecule has 0 saturated heterocycles. The third-order valence-corrected chi connectivity index (χ3v) is 4.30. The van der Waals surface area contributed by atoms with E-state index in [1.165, 1.54) is 30.5 Å². The van der Waals surface area contributed by atoms with Crippen molar-refractivity contribution in [2.75, 3.05) is 20.6 Å². The summed E-state index contributed by atoms with van der Waals surface area (Å²) in [4.78, 5) is 2.52. The van der Waals surface area contributed by atoms with Gasteiger partial charge >= 0.3 is 0 Å². The van der Waals surface area contributed by atoms with Gasteiger partial charge in [-0.25, -0.2) is 0 Å². The molecule has 18 heavy (non-hydrogen) atoms. The summed E-state index contributed by atoms with van der Waals surface area (Å²) in [6, 6.07) is 9.99. The molecular weight excluding hydrogens is 220 g/mol. The van der Waals surface area contributed by atoms with Crippen LogP contribution in [0.15, 0.2) is 24.3 Å². The van der Waals surface area contributed by atoms with Crippen molar-refractivity contribution >= 4 is 0 Å². The van der Waals surface area contributed by atoms with Crippen LogP contribution in [0.3, 0.4) is 0 Å². The van der Waals surface area contributed by atoms with Gasteiger partial charge < -0.3 is 10.2 Å². The lowest BCUT2D eigenvalue weighted by Crippen LogP contribution is -2.45. The first-order valence-corrected chi connectivity index (χ1v) is 7.15. The number of hydrogen-bond donors (Lipinski definition) is 1. The average Bonchev–Trinajstić information content (AvgIpc) is 2.39. The number of fused-ring (bicyclic) bond motifs is 1. The van der Waals surface area contributed by atoms with Crippen LogP contribution in [-0.4, -0.2) is 31.6 Å². The van der Waals surface area contributed by atoms with Crippen molar-refractivity contribution in [2.24, 2.45) is 0 Å². The van der Waals surface area contributed by atoms with Crippen molar-refractivity contribution < 1.29 is 0 Å². The number of hydrogen-bond acceptors (Lipinski definition) is 2. The summed E-state index contributed by atoms with van der Waals surface area (Å²) in [5, 5.41) is 3.53. The highest BCUT2D eigenvalue weighted by Crippen LogP contribution is 2.39. The highest BCUT2D eigenvalue weighted by atomic mass is 15.2. The molecule has 3 atom stereocenters. The van der Waals surface area contributed by atoms with Gasteiger partial charge in [-0.3, -0.25) is 0 Å². The van der Waals surface area contributed by atoms with Crippen molar-refractivity contribution in [1.29, 1.82) is 0 Å². The fourth-order valence-electron chi connectivity index (χ4n) is 3.38. The molecule has 1 aromatic carbocycles. The summed E-state index contributed by atoms with van der Waals surface area (Å²) in [7, 11) is 4.35. The Morgan fingerprint density at radius 1 is 1.28 bits per heavy atom. The fourth-order valence-corrected chi connectivity index (χ4v) is 3.38. The van der Waals surface area contributed by atoms with Gasteiger partial charge in [-0.2, -0.15) is 0 Å². The van der Waals surface area contributed by atoms with Crippen molar-refractivity contribution in [1.82, 2.24) is 10.2 Å². The summed E-state index contributed by atoms with van der Waals surface area (Å²) in [5.41, 5.74) is 3.02. The van der Waals surface area contributed by atoms with Crippen molar-refractivity contribution in [3.8, 4) is 0 Å². The maximum Gasteiger partial charge on any atom is 0.0478 e. The maximum absolute atomic E-state index is 3.53. The van der Waals surface area contributed by atoms with Crippen LogP contribution in [0.4, 0.5) is 0 Å². The van der Waals surface area contributed by atoms with Gasteiger partial charge in [0.1, 0.15) is 0 Å². The van der Waals surface area contributed by atoms with Crippen LogP contribution >= 0.6 is 0 Å². The first-order valence-electron chi connectivity index (χ1n) is 7.15. The van der Waals surface area contributed by atoms with E-state index in [4.69, 9.17) is 0 Å². The minimum absolute atomic E-state index is 0.467. The van der Waals surface area contributed by atoms with E-state index >= 15 is 0 Å². The minimum Gasteiger partial charge on any atom is -0.312 e. The number of nitrogens with zero attached hydrogens (tertiary/aromatic N) is 1. The van der Waals surface area contributed by atoms with Crippen LogP contribution in [0, 0.1) is 0 Å². The van der Waals surface area contributed by atoms with Gasteiger partial charge in [-0.1, -0.05) is 38.1 Å². The topological polar surface area (TPSA) is 15.3 Å². The highest BCUT2D eigenvalue weighted by molar-refractivity contribution is 5.36. The summed E-state index contributed by atoms with van der Waals surface area (Å²) in [5.74, 6) is 0.662. The van der Waals surface area contributed by atoms with E-state index in [-0.39, 0.29) is 0 Å². The summed E-state index contributed by atoms with van der Waals surface area (Å²) in [6.45, 7) is 5.79. The Morgan fingerprint density at radius 3 is 2.56 bits per heavy atom. The summed E-state index contributed by atoms with van der Waals surface area (Å²) in [6.07, 6.45) is 2.47. The predicted molar refractivity (Wildman–Crippen MR) is 78.0 cm³/mol. The molecule has 2 nitrogen and oxygen atoms in total. The van der Waals surface area contributed by atoms with Crippen LogP contribution in [0.25, 0.3) is 0 Å². The molecule has 2 rings (SSSR count). The first-order chi connectivity index (χ1) is 8.69. The zero-order valence-corrected chi connectivity index (χ0v) is 12.1. The molecule has 0 saturated carbocycles. The molecule has 0 radical (unpaired) electrons. The van der Waals surface area contributed by atoms with E-state index < -0.39 is 0 Å². The van der Waals surface area contributed by atoms with Gasteiger partial charge in [0.2, 0.25) is 0 Å². The molecule has 0 amide bonds. The van der Waals surface area contributed by atoms with E-state index in [9.17, 15) is 0 Å². The van der Waals surface area contributed by atoms with Gasteiger partial charge in [0.15, 0.2) is 0 Å². The molecule has 1 N–H and O–H groups in total. The van der Waals surface area contributed by atoms with Crippen LogP contribution < -0.4 is 5.32 Å². The zero-order valence-electron chi connectivity index (χ0n) is 12.1. The maximum atomic E-state index is 3.53. The Labute approximate surface area is 111 Å². The highest BCUT2D eigenvalue weighted by Gasteiger charge is 2.33. The van der Waals surface area contributed by atoms with Crippen molar-refractivity contribution in [2.45, 2.75) is 44.7 Å². The lowest BCUT2D eigenvalue weighted by Gasteiger charge is -2.41. The summed E-state index contributed by atoms with van der Waals surface area (Å²) >= 11 is 0. The quantitative estimate of drug-likeness (QED) is 0.878. The molecule has 3 unspecified atom stereocenters. The van der Waals surface area contributed by atoms with Crippen LogP contribution in [0.1, 0.15) is 49.8 Å². The van der Waals surface area contributed by atoms with Gasteiger partial charge in [-0.15, -0.1) is 0 Å². The molecule has 0 heterocycles. The molecule has 1 aliphatic rings. The van der Waals surface area contributed by atoms with Crippen molar-refractivity contribution in [3.05, 3.63) is 35.4 Å². The standard InChI is InChI=1S/C16H26N2/c1-5-10-18(4)15-11-12(2)13-8-6-7-9-14(13)16(15)17-3/h6-9,12,15-17H,5,10-11H2,1-4H3. The molecule has 0 aliphatic heterocycles. The van der Waals surface area contributed by atoms with E-state index in [1.807, 2.05) is 0 Å². The van der Waals surface area contributed by atoms with E-state index in [1.54, 1.807) is 0 Å². The smallest absolute Gasteiger partial charge is 0.0478 e. The molecule has 2 heteroatoms. The monoisotopic (exact) mass is 246 g/mol. The molecule has 0 fully saturated rings. The Morgan fingerprint density at radius 2 is 1.94 bits per heavy atom. The number of likely N-dealkylation sites (N-methyl/N-ethyl adjacent to an activating group) is 2. The van der Waals surface area contributed by atoms with Gasteiger partial charge in [0, 0.05) is 12.1 Å². The minimum atomic E-state index is 0.467. The van der Waals surface area contributed by atoms with Crippen LogP contribution in [0.5, 0.6) is 0 Å². The SMILES string of the molecule is CCCN(C)C1CC(C)c2ccccc2C1NC. The molecule has 0 aromatic heterocycles. The molecule has 0 bridgehead atoms. The predicted octanol–water partition coefficient (Wildman–Crippen LogP) is 3.16. The lowest BCUT2D eigenvalue weighted by molar-refractivity contribution is 0.168. The summed E-state index contributed by atoms with van der Waals surface area (Å²) < 4.78 is 0. The normalized spacial score (nSPS) is 27.3. The Balaban J connectivity index is 2.31. The van der Waals surface area contributed by atoms with Gasteiger partial charge in [0.05, 0.1) is 0 Å². The van der Waals surface area contributed by atoms with E-state index in [2.05, 4.69) is 62.4 Å². The molecule has 1 aromatic rings. The van der Waals surface area contributed by atoms with E-state index in [0.29, 0.717) is 18.0 Å². The Bertz CT molecular complexity index is 388. The van der Waals surface area contributed by atoms with Crippen LogP contribution in [0.2, 0.25) is 0 Å². The van der Waals surface area contributed by atoms with Crippen molar-refractivity contribution in [3.63, 3.8) is 0 Å². The second-order valence-corrected chi connectivity index (χ2v) is 5.58. The van der Waals surface area contributed by atoms with Crippen LogP contribution in [-0.2, 0) is 0 Å². The fraction of sp³-hybridized carbons (Fsp3) is 0.625. The third-order valence-electron chi connectivity index (χ3n) is 4.30. The Hall–Kier alpha value is -0.860. The molecule has 100 valence electrons.